The van der Waals surface area contributed by atoms with Gasteiger partial charge >= 0.3 is 0 Å². The molecule has 0 unspecified atom stereocenters. The molecule has 1 amide bonds. The highest BCUT2D eigenvalue weighted by molar-refractivity contribution is 6.31. The Labute approximate surface area is 227 Å². The number of anilines is 2. The van der Waals surface area contributed by atoms with Crippen LogP contribution in [0.25, 0.3) is 22.0 Å². The second kappa shape index (κ2) is 10.5. The van der Waals surface area contributed by atoms with Gasteiger partial charge in [0, 0.05) is 66.4 Å². The van der Waals surface area contributed by atoms with Gasteiger partial charge in [0.1, 0.15) is 5.69 Å². The largest absolute Gasteiger partial charge is 0.368 e. The molecule has 3 heterocycles. The number of hydrogen-bond acceptors (Lipinski definition) is 4. The van der Waals surface area contributed by atoms with Crippen molar-refractivity contribution >= 4 is 39.8 Å². The van der Waals surface area contributed by atoms with Crippen molar-refractivity contribution in [2.45, 2.75) is 12.8 Å². The van der Waals surface area contributed by atoms with Gasteiger partial charge < -0.3 is 19.7 Å². The van der Waals surface area contributed by atoms with E-state index in [0.29, 0.717) is 30.3 Å². The second-order valence-electron chi connectivity index (χ2n) is 10.2. The number of amides is 1. The fourth-order valence-corrected chi connectivity index (χ4v) is 6.09. The Morgan fingerprint density at radius 3 is 2.29 bits per heavy atom. The Kier molecular flexibility index (Phi) is 6.81. The SMILES string of the molecule is O=C([C@H]1CCCN(c2c(-c3ccccc3)c3cc(Cl)ccc3[nH]c2=O)C1)N1CCN(c2ccccc2)CC1. The molecule has 3 aromatic carbocycles. The van der Waals surface area contributed by atoms with Crippen molar-refractivity contribution in [3.8, 4) is 11.1 Å². The topological polar surface area (TPSA) is 59.7 Å². The van der Waals surface area contributed by atoms with Gasteiger partial charge in [-0.3, -0.25) is 9.59 Å². The number of halogens is 1. The van der Waals surface area contributed by atoms with Gasteiger partial charge in [0.05, 0.1) is 5.92 Å². The van der Waals surface area contributed by atoms with Gasteiger partial charge in [-0.05, 0) is 48.7 Å². The molecule has 6 rings (SSSR count). The number of hydrogen-bond donors (Lipinski definition) is 1. The van der Waals surface area contributed by atoms with E-state index in [4.69, 9.17) is 11.6 Å². The quantitative estimate of drug-likeness (QED) is 0.386. The maximum atomic E-state index is 13.6. The van der Waals surface area contributed by atoms with E-state index in [1.54, 1.807) is 6.07 Å². The highest BCUT2D eigenvalue weighted by atomic mass is 35.5. The van der Waals surface area contributed by atoms with E-state index < -0.39 is 0 Å². The number of nitrogens with zero attached hydrogens (tertiary/aromatic N) is 3. The molecule has 0 bridgehead atoms. The number of piperidine rings is 1. The van der Waals surface area contributed by atoms with Crippen LogP contribution in [0.1, 0.15) is 12.8 Å². The van der Waals surface area contributed by atoms with Crippen LogP contribution >= 0.6 is 11.6 Å². The summed E-state index contributed by atoms with van der Waals surface area (Å²) in [6.45, 7) is 4.36. The van der Waals surface area contributed by atoms with Crippen LogP contribution in [0.2, 0.25) is 5.02 Å². The molecule has 38 heavy (non-hydrogen) atoms. The van der Waals surface area contributed by atoms with Crippen molar-refractivity contribution in [3.63, 3.8) is 0 Å². The van der Waals surface area contributed by atoms with Crippen LogP contribution in [0.15, 0.2) is 83.7 Å². The number of fused-ring (bicyclic) bond motifs is 1. The van der Waals surface area contributed by atoms with Crippen LogP contribution in [0, 0.1) is 5.92 Å². The molecule has 7 heteroatoms. The first-order valence-corrected chi connectivity index (χ1v) is 13.7. The van der Waals surface area contributed by atoms with E-state index >= 15 is 0 Å². The lowest BCUT2D eigenvalue weighted by molar-refractivity contribution is -0.136. The van der Waals surface area contributed by atoms with E-state index in [1.165, 1.54) is 5.69 Å². The van der Waals surface area contributed by atoms with Crippen LogP contribution in [0.5, 0.6) is 0 Å². The van der Waals surface area contributed by atoms with Gasteiger partial charge in [-0.15, -0.1) is 0 Å². The van der Waals surface area contributed by atoms with Gasteiger partial charge in [-0.25, -0.2) is 0 Å². The Morgan fingerprint density at radius 2 is 1.55 bits per heavy atom. The van der Waals surface area contributed by atoms with Crippen molar-refractivity contribution in [1.82, 2.24) is 9.88 Å². The molecule has 2 saturated heterocycles. The minimum atomic E-state index is -0.136. The molecular weight excluding hydrogens is 496 g/mol. The second-order valence-corrected chi connectivity index (χ2v) is 10.6. The highest BCUT2D eigenvalue weighted by Crippen LogP contribution is 2.37. The van der Waals surface area contributed by atoms with Gasteiger partial charge in [-0.1, -0.05) is 60.1 Å². The zero-order chi connectivity index (χ0) is 26.1. The number of pyridine rings is 1. The predicted molar refractivity (Wildman–Crippen MR) is 155 cm³/mol. The standard InChI is InChI=1S/C31H31ClN4O2/c32-24-13-14-27-26(20-24)28(22-8-3-1-4-9-22)29(30(37)33-27)36-15-7-10-23(21-36)31(38)35-18-16-34(17-19-35)25-11-5-2-6-12-25/h1-6,8-9,11-14,20,23H,7,10,15-19,21H2,(H,33,37)/t23-/m0/s1. The van der Waals surface area contributed by atoms with Gasteiger partial charge in [0.15, 0.2) is 0 Å². The summed E-state index contributed by atoms with van der Waals surface area (Å²) in [5.41, 5.74) is 4.28. The lowest BCUT2D eigenvalue weighted by Crippen LogP contribution is -2.53. The first kappa shape index (κ1) is 24.6. The fourth-order valence-electron chi connectivity index (χ4n) is 5.92. The minimum absolute atomic E-state index is 0.134. The molecule has 2 aliphatic rings. The number of carbonyl (C=O) groups excluding carboxylic acids is 1. The summed E-state index contributed by atoms with van der Waals surface area (Å²) in [6.07, 6.45) is 1.70. The van der Waals surface area contributed by atoms with Crippen LogP contribution in [-0.2, 0) is 4.79 Å². The molecule has 194 valence electrons. The van der Waals surface area contributed by atoms with Crippen LogP contribution in [0.4, 0.5) is 11.4 Å². The molecule has 2 aliphatic heterocycles. The number of H-pyrrole nitrogens is 1. The summed E-state index contributed by atoms with van der Waals surface area (Å²) in [5.74, 6) is 0.0639. The van der Waals surface area contributed by atoms with Crippen LogP contribution in [-0.4, -0.2) is 55.1 Å². The first-order chi connectivity index (χ1) is 18.6. The molecule has 0 spiro atoms. The average Bonchev–Trinajstić information content (AvgIpc) is 2.97. The predicted octanol–water partition coefficient (Wildman–Crippen LogP) is 5.41. The molecule has 0 radical (unpaired) electrons. The molecule has 4 aromatic rings. The third kappa shape index (κ3) is 4.76. The average molecular weight is 527 g/mol. The lowest BCUT2D eigenvalue weighted by atomic mass is 9.93. The number of aromatic nitrogens is 1. The normalized spacial score (nSPS) is 18.1. The first-order valence-electron chi connectivity index (χ1n) is 13.3. The Hall–Kier alpha value is -3.77. The summed E-state index contributed by atoms with van der Waals surface area (Å²) in [5, 5.41) is 1.53. The summed E-state index contributed by atoms with van der Waals surface area (Å²) in [4.78, 5) is 36.7. The van der Waals surface area contributed by atoms with E-state index in [0.717, 1.165) is 54.5 Å². The van der Waals surface area contributed by atoms with Crippen LogP contribution < -0.4 is 15.4 Å². The number of para-hydroxylation sites is 1. The van der Waals surface area contributed by atoms with E-state index in [-0.39, 0.29) is 17.4 Å². The van der Waals surface area contributed by atoms with Gasteiger partial charge in [0.2, 0.25) is 5.91 Å². The van der Waals surface area contributed by atoms with Gasteiger partial charge in [0.25, 0.3) is 5.56 Å². The zero-order valence-corrected chi connectivity index (χ0v) is 22.0. The molecule has 6 nitrogen and oxygen atoms in total. The maximum Gasteiger partial charge on any atom is 0.272 e. The molecule has 1 aromatic heterocycles. The number of rotatable bonds is 4. The summed E-state index contributed by atoms with van der Waals surface area (Å²) >= 11 is 6.40. The smallest absolute Gasteiger partial charge is 0.272 e. The van der Waals surface area contributed by atoms with E-state index in [9.17, 15) is 9.59 Å². The fraction of sp³-hybridized carbons (Fsp3) is 0.290. The summed E-state index contributed by atoms with van der Waals surface area (Å²) in [7, 11) is 0. The number of benzene rings is 3. The monoisotopic (exact) mass is 526 g/mol. The number of nitrogens with one attached hydrogen (secondary N) is 1. The lowest BCUT2D eigenvalue weighted by Gasteiger charge is -2.40. The van der Waals surface area contributed by atoms with E-state index in [2.05, 4.69) is 39.0 Å². The Bertz CT molecular complexity index is 1500. The number of piperazine rings is 1. The third-order valence-electron chi connectivity index (χ3n) is 7.81. The van der Waals surface area contributed by atoms with Gasteiger partial charge in [-0.2, -0.15) is 0 Å². The van der Waals surface area contributed by atoms with Crippen LogP contribution in [0.3, 0.4) is 0 Å². The molecule has 1 N–H and O–H groups in total. The molecule has 2 fully saturated rings. The summed E-state index contributed by atoms with van der Waals surface area (Å²) in [6, 6.07) is 25.9. The van der Waals surface area contributed by atoms with Crippen molar-refractivity contribution < 1.29 is 4.79 Å². The molecule has 1 atom stereocenters. The minimum Gasteiger partial charge on any atom is -0.368 e. The maximum absolute atomic E-state index is 13.6. The Morgan fingerprint density at radius 1 is 0.842 bits per heavy atom. The van der Waals surface area contributed by atoms with Crippen molar-refractivity contribution in [1.29, 1.82) is 0 Å². The van der Waals surface area contributed by atoms with Crippen molar-refractivity contribution in [2.24, 2.45) is 5.92 Å². The van der Waals surface area contributed by atoms with Crippen molar-refractivity contribution in [2.75, 3.05) is 49.1 Å². The third-order valence-corrected chi connectivity index (χ3v) is 8.05. The zero-order valence-electron chi connectivity index (χ0n) is 21.3. The van der Waals surface area contributed by atoms with E-state index in [1.807, 2.05) is 53.4 Å². The number of aromatic amines is 1. The molecule has 0 aliphatic carbocycles. The molecular formula is C31H31ClN4O2. The number of carbonyl (C=O) groups is 1. The summed E-state index contributed by atoms with van der Waals surface area (Å²) < 4.78 is 0. The van der Waals surface area contributed by atoms with Crippen molar-refractivity contribution in [3.05, 3.63) is 94.2 Å². The molecule has 0 saturated carbocycles. The highest BCUT2D eigenvalue weighted by Gasteiger charge is 2.33. The Balaban J connectivity index is 1.27.